The number of halogens is 2. The van der Waals surface area contributed by atoms with Gasteiger partial charge in [-0.2, -0.15) is 0 Å². The van der Waals surface area contributed by atoms with Crippen LogP contribution in [0.1, 0.15) is 35.7 Å². The lowest BCUT2D eigenvalue weighted by Crippen LogP contribution is -2.33. The van der Waals surface area contributed by atoms with Gasteiger partial charge >= 0.3 is 0 Å². The monoisotopic (exact) mass is 394 g/mol. The molecule has 0 saturated heterocycles. The number of nitrogens with one attached hydrogen (secondary N) is 1. The minimum absolute atomic E-state index is 0.0315. The molecule has 3 rings (SSSR count). The third-order valence-corrected chi connectivity index (χ3v) is 5.87. The van der Waals surface area contributed by atoms with Crippen molar-refractivity contribution in [2.45, 2.75) is 37.2 Å². The summed E-state index contributed by atoms with van der Waals surface area (Å²) >= 11 is 0. The van der Waals surface area contributed by atoms with Crippen molar-refractivity contribution in [1.29, 1.82) is 0 Å². The van der Waals surface area contributed by atoms with E-state index in [2.05, 4.69) is 4.72 Å². The molecule has 5 nitrogen and oxygen atoms in total. The van der Waals surface area contributed by atoms with E-state index in [1.807, 2.05) is 0 Å². The minimum atomic E-state index is -3.81. The predicted molar refractivity (Wildman–Crippen MR) is 96.6 cm³/mol. The van der Waals surface area contributed by atoms with Crippen LogP contribution in [0, 0.1) is 11.6 Å². The van der Waals surface area contributed by atoms with E-state index in [4.69, 9.17) is 0 Å². The smallest absolute Gasteiger partial charge is 0.257 e. The summed E-state index contributed by atoms with van der Waals surface area (Å²) in [4.78, 5) is 14.3. The van der Waals surface area contributed by atoms with Crippen LogP contribution in [0.4, 0.5) is 8.78 Å². The molecular weight excluding hydrogens is 374 g/mol. The molecule has 144 valence electrons. The summed E-state index contributed by atoms with van der Waals surface area (Å²) in [7, 11) is -3.81. The van der Waals surface area contributed by atoms with Crippen LogP contribution in [0.3, 0.4) is 0 Å². The fourth-order valence-electron chi connectivity index (χ4n) is 2.80. The van der Waals surface area contributed by atoms with E-state index in [9.17, 15) is 22.0 Å². The van der Waals surface area contributed by atoms with Gasteiger partial charge in [-0.3, -0.25) is 4.79 Å². The molecular formula is C19H20F2N2O3S. The Kier molecular flexibility index (Phi) is 5.57. The first-order chi connectivity index (χ1) is 12.8. The van der Waals surface area contributed by atoms with E-state index in [1.54, 1.807) is 19.1 Å². The number of rotatable bonds is 7. The standard InChI is InChI=1S/C19H20F2N2O3S/c1-2-22-27(25,26)16-9-10-18(21)17(11-16)19(24)23(15-7-8-15)12-13-3-5-14(20)6-4-13/h3-6,9-11,15,22H,2,7-8,12H2,1H3. The highest BCUT2D eigenvalue weighted by atomic mass is 32.2. The van der Waals surface area contributed by atoms with E-state index in [1.165, 1.54) is 17.0 Å². The van der Waals surface area contributed by atoms with E-state index in [0.717, 1.165) is 31.0 Å². The number of hydrogen-bond acceptors (Lipinski definition) is 3. The van der Waals surface area contributed by atoms with Crippen LogP contribution >= 0.6 is 0 Å². The highest BCUT2D eigenvalue weighted by Crippen LogP contribution is 2.31. The maximum Gasteiger partial charge on any atom is 0.257 e. The van der Waals surface area contributed by atoms with Crippen LogP contribution in [-0.4, -0.2) is 31.8 Å². The van der Waals surface area contributed by atoms with Crippen molar-refractivity contribution in [2.24, 2.45) is 0 Å². The molecule has 8 heteroatoms. The number of sulfonamides is 1. The van der Waals surface area contributed by atoms with Crippen LogP contribution in [0.25, 0.3) is 0 Å². The number of hydrogen-bond donors (Lipinski definition) is 1. The lowest BCUT2D eigenvalue weighted by Gasteiger charge is -2.23. The van der Waals surface area contributed by atoms with Gasteiger partial charge in [-0.1, -0.05) is 19.1 Å². The van der Waals surface area contributed by atoms with Crippen LogP contribution in [0.5, 0.6) is 0 Å². The molecule has 1 N–H and O–H groups in total. The molecule has 0 bridgehead atoms. The van der Waals surface area contributed by atoms with Crippen molar-refractivity contribution in [2.75, 3.05) is 6.54 Å². The maximum atomic E-state index is 14.3. The molecule has 0 aliphatic heterocycles. The van der Waals surface area contributed by atoms with Gasteiger partial charge in [-0.05, 0) is 48.7 Å². The van der Waals surface area contributed by atoms with Gasteiger partial charge in [0.2, 0.25) is 10.0 Å². The molecule has 0 spiro atoms. The SMILES string of the molecule is CCNS(=O)(=O)c1ccc(F)c(C(=O)N(Cc2ccc(F)cc2)C2CC2)c1. The lowest BCUT2D eigenvalue weighted by atomic mass is 10.1. The van der Waals surface area contributed by atoms with Gasteiger partial charge in [-0.15, -0.1) is 0 Å². The average Bonchev–Trinajstić information content (AvgIpc) is 3.46. The van der Waals surface area contributed by atoms with Gasteiger partial charge in [0.05, 0.1) is 10.5 Å². The third-order valence-electron chi connectivity index (χ3n) is 4.33. The predicted octanol–water partition coefficient (Wildman–Crippen LogP) is 3.07. The number of carbonyl (C=O) groups excluding carboxylic acids is 1. The number of benzene rings is 2. The Morgan fingerprint density at radius 3 is 2.41 bits per heavy atom. The van der Waals surface area contributed by atoms with Gasteiger partial charge in [0.25, 0.3) is 5.91 Å². The first kappa shape index (κ1) is 19.4. The van der Waals surface area contributed by atoms with Crippen molar-refractivity contribution < 1.29 is 22.0 Å². The molecule has 0 unspecified atom stereocenters. The minimum Gasteiger partial charge on any atom is -0.331 e. The Hall–Kier alpha value is -2.32. The molecule has 0 heterocycles. The Labute approximate surface area is 157 Å². The Morgan fingerprint density at radius 2 is 1.81 bits per heavy atom. The Morgan fingerprint density at radius 1 is 1.15 bits per heavy atom. The first-order valence-corrected chi connectivity index (χ1v) is 10.1. The molecule has 0 atom stereocenters. The van der Waals surface area contributed by atoms with E-state index in [-0.39, 0.29) is 35.4 Å². The number of amides is 1. The molecule has 1 aliphatic carbocycles. The van der Waals surface area contributed by atoms with E-state index in [0.29, 0.717) is 5.56 Å². The highest BCUT2D eigenvalue weighted by Gasteiger charge is 2.34. The molecule has 2 aromatic rings. The van der Waals surface area contributed by atoms with E-state index < -0.39 is 21.7 Å². The van der Waals surface area contributed by atoms with Gasteiger partial charge in [0.15, 0.2) is 0 Å². The topological polar surface area (TPSA) is 66.5 Å². The van der Waals surface area contributed by atoms with Crippen molar-refractivity contribution in [3.63, 3.8) is 0 Å². The number of carbonyl (C=O) groups is 1. The molecule has 0 aromatic heterocycles. The van der Waals surface area contributed by atoms with Crippen molar-refractivity contribution in [3.8, 4) is 0 Å². The van der Waals surface area contributed by atoms with Gasteiger partial charge in [-0.25, -0.2) is 21.9 Å². The second-order valence-electron chi connectivity index (χ2n) is 6.43. The largest absolute Gasteiger partial charge is 0.331 e. The normalized spacial score (nSPS) is 14.2. The van der Waals surface area contributed by atoms with Crippen molar-refractivity contribution in [3.05, 3.63) is 65.2 Å². The van der Waals surface area contributed by atoms with Crippen LogP contribution in [0.2, 0.25) is 0 Å². The Balaban J connectivity index is 1.91. The lowest BCUT2D eigenvalue weighted by molar-refractivity contribution is 0.0725. The second-order valence-corrected chi connectivity index (χ2v) is 8.20. The summed E-state index contributed by atoms with van der Waals surface area (Å²) < 4.78 is 54.1. The highest BCUT2D eigenvalue weighted by molar-refractivity contribution is 7.89. The summed E-state index contributed by atoms with van der Waals surface area (Å²) in [6, 6.07) is 8.89. The van der Waals surface area contributed by atoms with Gasteiger partial charge < -0.3 is 4.90 Å². The zero-order chi connectivity index (χ0) is 19.6. The molecule has 1 saturated carbocycles. The van der Waals surface area contributed by atoms with Crippen molar-refractivity contribution in [1.82, 2.24) is 9.62 Å². The summed E-state index contributed by atoms with van der Waals surface area (Å²) in [5.74, 6) is -1.73. The van der Waals surface area contributed by atoms with Gasteiger partial charge in [0.1, 0.15) is 11.6 Å². The van der Waals surface area contributed by atoms with Crippen molar-refractivity contribution >= 4 is 15.9 Å². The summed E-state index contributed by atoms with van der Waals surface area (Å²) in [5, 5.41) is 0. The molecule has 27 heavy (non-hydrogen) atoms. The average molecular weight is 394 g/mol. The quantitative estimate of drug-likeness (QED) is 0.785. The third kappa shape index (κ3) is 4.51. The number of nitrogens with zero attached hydrogens (tertiary/aromatic N) is 1. The zero-order valence-corrected chi connectivity index (χ0v) is 15.6. The van der Waals surface area contributed by atoms with Crippen LogP contribution in [-0.2, 0) is 16.6 Å². The fraction of sp³-hybridized carbons (Fsp3) is 0.316. The zero-order valence-electron chi connectivity index (χ0n) is 14.8. The first-order valence-electron chi connectivity index (χ1n) is 8.66. The molecule has 1 amide bonds. The fourth-order valence-corrected chi connectivity index (χ4v) is 3.87. The molecule has 1 aliphatic rings. The van der Waals surface area contributed by atoms with Crippen LogP contribution in [0.15, 0.2) is 47.4 Å². The van der Waals surface area contributed by atoms with Crippen LogP contribution < -0.4 is 4.72 Å². The summed E-state index contributed by atoms with van der Waals surface area (Å²) in [6.07, 6.45) is 1.59. The molecule has 2 aromatic carbocycles. The summed E-state index contributed by atoms with van der Waals surface area (Å²) in [5.41, 5.74) is 0.427. The Bertz CT molecular complexity index is 942. The maximum absolute atomic E-state index is 14.3. The van der Waals surface area contributed by atoms with E-state index >= 15 is 0 Å². The molecule has 0 radical (unpaired) electrons. The summed E-state index contributed by atoms with van der Waals surface area (Å²) in [6.45, 7) is 2.01. The van der Waals surface area contributed by atoms with Gasteiger partial charge in [0, 0.05) is 19.1 Å². The molecule has 1 fully saturated rings. The second kappa shape index (κ2) is 7.74.